The van der Waals surface area contributed by atoms with E-state index in [2.05, 4.69) is 25.6 Å². The normalized spacial score (nSPS) is 10.1. The molecule has 0 aromatic carbocycles. The van der Waals surface area contributed by atoms with Gasteiger partial charge in [-0.3, -0.25) is 0 Å². The molecular formula is C6H4FN5. The van der Waals surface area contributed by atoms with Crippen LogP contribution in [0.5, 0.6) is 0 Å². The molecule has 2 heterocycles. The Morgan fingerprint density at radius 3 is 2.83 bits per heavy atom. The van der Waals surface area contributed by atoms with E-state index in [1.807, 2.05) is 0 Å². The third-order valence-electron chi connectivity index (χ3n) is 1.30. The fourth-order valence-corrected chi connectivity index (χ4v) is 0.778. The van der Waals surface area contributed by atoms with Crippen LogP contribution in [-0.4, -0.2) is 25.6 Å². The second kappa shape index (κ2) is 2.65. The van der Waals surface area contributed by atoms with Gasteiger partial charge in [0.1, 0.15) is 11.5 Å². The van der Waals surface area contributed by atoms with Crippen molar-refractivity contribution in [2.24, 2.45) is 0 Å². The van der Waals surface area contributed by atoms with E-state index >= 15 is 0 Å². The first-order valence-corrected chi connectivity index (χ1v) is 3.21. The Labute approximate surface area is 66.6 Å². The van der Waals surface area contributed by atoms with E-state index in [9.17, 15) is 4.39 Å². The number of rotatable bonds is 1. The zero-order chi connectivity index (χ0) is 8.39. The molecule has 0 fully saturated rings. The van der Waals surface area contributed by atoms with Crippen LogP contribution < -0.4 is 0 Å². The first kappa shape index (κ1) is 6.84. The van der Waals surface area contributed by atoms with Gasteiger partial charge in [-0.25, -0.2) is 9.37 Å². The summed E-state index contributed by atoms with van der Waals surface area (Å²) in [6.45, 7) is 0. The van der Waals surface area contributed by atoms with E-state index in [1.54, 1.807) is 0 Å². The number of aromatic amines is 1. The number of hydrogen-bond donors (Lipinski definition) is 1. The molecule has 0 bridgehead atoms. The van der Waals surface area contributed by atoms with Gasteiger partial charge in [-0.2, -0.15) is 5.21 Å². The van der Waals surface area contributed by atoms with E-state index in [4.69, 9.17) is 0 Å². The highest BCUT2D eigenvalue weighted by Gasteiger charge is 2.02. The molecule has 5 nitrogen and oxygen atoms in total. The van der Waals surface area contributed by atoms with Crippen molar-refractivity contribution >= 4 is 0 Å². The number of tetrazole rings is 1. The maximum atomic E-state index is 12.4. The molecule has 0 unspecified atom stereocenters. The minimum atomic E-state index is -0.387. The average Bonchev–Trinajstić information content (AvgIpc) is 2.58. The first-order valence-electron chi connectivity index (χ1n) is 3.21. The van der Waals surface area contributed by atoms with Crippen molar-refractivity contribution < 1.29 is 4.39 Å². The summed E-state index contributed by atoms with van der Waals surface area (Å²) >= 11 is 0. The van der Waals surface area contributed by atoms with Crippen molar-refractivity contribution in [3.63, 3.8) is 0 Å². The minimum Gasteiger partial charge on any atom is -0.250 e. The minimum absolute atomic E-state index is 0.356. The van der Waals surface area contributed by atoms with Crippen LogP contribution in [0.15, 0.2) is 18.3 Å². The van der Waals surface area contributed by atoms with Gasteiger partial charge in [-0.1, -0.05) is 0 Å². The fraction of sp³-hybridized carbons (Fsp3) is 0. The number of aromatic nitrogens is 5. The molecule has 0 amide bonds. The lowest BCUT2D eigenvalue weighted by Crippen LogP contribution is -1.86. The van der Waals surface area contributed by atoms with Crippen LogP contribution in [0.1, 0.15) is 0 Å². The largest absolute Gasteiger partial charge is 0.250 e. The van der Waals surface area contributed by atoms with Crippen LogP contribution in [0.3, 0.4) is 0 Å². The maximum Gasteiger partial charge on any atom is 0.222 e. The van der Waals surface area contributed by atoms with Gasteiger partial charge in [0.25, 0.3) is 0 Å². The molecule has 6 heteroatoms. The Morgan fingerprint density at radius 2 is 2.25 bits per heavy atom. The smallest absolute Gasteiger partial charge is 0.222 e. The molecule has 0 aliphatic carbocycles. The lowest BCUT2D eigenvalue weighted by Gasteiger charge is -1.90. The van der Waals surface area contributed by atoms with Gasteiger partial charge < -0.3 is 0 Å². The third-order valence-corrected chi connectivity index (χ3v) is 1.30. The molecule has 0 atom stereocenters. The lowest BCUT2D eigenvalue weighted by atomic mass is 10.3. The van der Waals surface area contributed by atoms with Crippen LogP contribution in [0.4, 0.5) is 4.39 Å². The molecule has 0 saturated heterocycles. The van der Waals surface area contributed by atoms with Gasteiger partial charge >= 0.3 is 0 Å². The van der Waals surface area contributed by atoms with Crippen molar-refractivity contribution in [3.8, 4) is 11.5 Å². The summed E-state index contributed by atoms with van der Waals surface area (Å²) in [5.74, 6) is -0.0303. The van der Waals surface area contributed by atoms with Gasteiger partial charge in [-0.05, 0) is 17.3 Å². The zero-order valence-corrected chi connectivity index (χ0v) is 5.90. The van der Waals surface area contributed by atoms with Crippen LogP contribution in [0.2, 0.25) is 0 Å². The number of pyridine rings is 1. The number of halogens is 1. The molecule has 12 heavy (non-hydrogen) atoms. The average molecular weight is 165 g/mol. The van der Waals surface area contributed by atoms with Crippen molar-refractivity contribution in [2.75, 3.05) is 0 Å². The number of nitrogens with zero attached hydrogens (tertiary/aromatic N) is 4. The summed E-state index contributed by atoms with van der Waals surface area (Å²) in [6.07, 6.45) is 1.10. The van der Waals surface area contributed by atoms with Crippen molar-refractivity contribution in [3.05, 3.63) is 24.1 Å². The molecule has 2 aromatic rings. The van der Waals surface area contributed by atoms with Gasteiger partial charge in [0.15, 0.2) is 0 Å². The molecule has 1 N–H and O–H groups in total. The Morgan fingerprint density at radius 1 is 1.33 bits per heavy atom. The highest BCUT2D eigenvalue weighted by molar-refractivity contribution is 5.46. The molecule has 0 saturated carbocycles. The fourth-order valence-electron chi connectivity index (χ4n) is 0.778. The highest BCUT2D eigenvalue weighted by atomic mass is 19.1. The monoisotopic (exact) mass is 165 g/mol. The zero-order valence-electron chi connectivity index (χ0n) is 5.90. The summed E-state index contributed by atoms with van der Waals surface area (Å²) < 4.78 is 12.4. The van der Waals surface area contributed by atoms with Gasteiger partial charge in [-0.15, -0.1) is 10.2 Å². The molecule has 0 spiro atoms. The summed E-state index contributed by atoms with van der Waals surface area (Å²) in [6, 6.07) is 2.78. The maximum absolute atomic E-state index is 12.4. The second-order valence-corrected chi connectivity index (χ2v) is 2.10. The first-order chi connectivity index (χ1) is 5.86. The van der Waals surface area contributed by atoms with E-state index < -0.39 is 0 Å². The topological polar surface area (TPSA) is 67.3 Å². The number of H-pyrrole nitrogens is 1. The molecule has 2 aromatic heterocycles. The van der Waals surface area contributed by atoms with E-state index in [0.29, 0.717) is 11.5 Å². The van der Waals surface area contributed by atoms with Crippen molar-refractivity contribution in [1.29, 1.82) is 0 Å². The van der Waals surface area contributed by atoms with Crippen LogP contribution in [0.25, 0.3) is 11.5 Å². The molecule has 0 aliphatic heterocycles. The Hall–Kier alpha value is -1.85. The second-order valence-electron chi connectivity index (χ2n) is 2.10. The predicted octanol–water partition coefficient (Wildman–Crippen LogP) is 0.401. The van der Waals surface area contributed by atoms with E-state index in [0.717, 1.165) is 6.20 Å². The number of nitrogens with one attached hydrogen (secondary N) is 1. The molecule has 0 radical (unpaired) electrons. The molecule has 0 aliphatic rings. The van der Waals surface area contributed by atoms with Crippen molar-refractivity contribution in [1.82, 2.24) is 25.6 Å². The summed E-state index contributed by atoms with van der Waals surface area (Å²) in [4.78, 5) is 3.76. The predicted molar refractivity (Wildman–Crippen MR) is 37.4 cm³/mol. The number of hydrogen-bond acceptors (Lipinski definition) is 4. The van der Waals surface area contributed by atoms with Gasteiger partial charge in [0.05, 0.1) is 6.20 Å². The summed E-state index contributed by atoms with van der Waals surface area (Å²) in [7, 11) is 0. The summed E-state index contributed by atoms with van der Waals surface area (Å²) in [5.41, 5.74) is 0.491. The Bertz CT molecular complexity index is 354. The van der Waals surface area contributed by atoms with Crippen LogP contribution in [-0.2, 0) is 0 Å². The Balaban J connectivity index is 2.43. The van der Waals surface area contributed by atoms with E-state index in [-0.39, 0.29) is 5.82 Å². The van der Waals surface area contributed by atoms with Gasteiger partial charge in [0.2, 0.25) is 5.82 Å². The van der Waals surface area contributed by atoms with Crippen LogP contribution in [0, 0.1) is 5.82 Å². The lowest BCUT2D eigenvalue weighted by molar-refractivity contribution is 0.621. The summed E-state index contributed by atoms with van der Waals surface area (Å²) in [5, 5.41) is 13.0. The quantitative estimate of drug-likeness (QED) is 0.664. The van der Waals surface area contributed by atoms with Gasteiger partial charge in [0, 0.05) is 0 Å². The van der Waals surface area contributed by atoms with Crippen molar-refractivity contribution in [2.45, 2.75) is 0 Å². The SMILES string of the molecule is Fc1ccc(-c2nn[nH]n2)nc1. The van der Waals surface area contributed by atoms with E-state index in [1.165, 1.54) is 12.1 Å². The highest BCUT2D eigenvalue weighted by Crippen LogP contribution is 2.08. The van der Waals surface area contributed by atoms with Crippen LogP contribution >= 0.6 is 0 Å². The molecule has 2 rings (SSSR count). The third kappa shape index (κ3) is 1.14. The Kier molecular flexibility index (Phi) is 1.51. The molecular weight excluding hydrogens is 161 g/mol. The molecule has 60 valence electrons. The standard InChI is InChI=1S/C6H4FN5/c7-4-1-2-5(8-3-4)6-9-11-12-10-6/h1-3H,(H,9,10,11,12).